The second-order valence-corrected chi connectivity index (χ2v) is 23.1. The van der Waals surface area contributed by atoms with Gasteiger partial charge in [-0.15, -0.1) is 0 Å². The minimum atomic E-state index is -1.76. The SMILES string of the molecule is C[C@H](NC(=O)CNC(=O)[C@@H](NC(=O)[C@H](Cc1ccc(O)cc1)NC(=O)CNC(=O)CNC(=O)[C@@H](N)Cc1ccccc1)[C@@H](C)O)C(=O)N[C@@H](CCCN=C(N)N)C(=O)N[C@@H](CCCCN)C(=O)N[C@@H](CO)C(=O)N[C@@H](C)C(=O)N[C@@H](CCCN=C(N)N)C(=O)N[C@@H](CCCCN)C(N)=O. The normalized spacial score (nSPS) is 14.2. The van der Waals surface area contributed by atoms with Crippen molar-refractivity contribution in [3.63, 3.8) is 0 Å². The van der Waals surface area contributed by atoms with Gasteiger partial charge in [0.25, 0.3) is 0 Å². The highest BCUT2D eigenvalue weighted by Gasteiger charge is 2.34. The maximum atomic E-state index is 14.1. The molecule has 0 aliphatic carbocycles. The lowest BCUT2D eigenvalue weighted by Gasteiger charge is -2.26. The van der Waals surface area contributed by atoms with Crippen molar-refractivity contribution in [3.8, 4) is 5.75 Å². The Bertz CT molecular complexity index is 3040. The number of hydrogen-bond acceptors (Lipinski definition) is 21. The molecular formula is C61H100N22O16. The fourth-order valence-corrected chi connectivity index (χ4v) is 9.19. The Morgan fingerprint density at radius 3 is 1.33 bits per heavy atom. The van der Waals surface area contributed by atoms with E-state index in [-0.39, 0.29) is 95.1 Å². The molecule has 0 saturated heterocycles. The van der Waals surface area contributed by atoms with Crippen molar-refractivity contribution in [2.24, 2.45) is 55.9 Å². The third-order valence-electron chi connectivity index (χ3n) is 14.7. The van der Waals surface area contributed by atoms with E-state index in [9.17, 15) is 77.6 Å². The molecule has 38 nitrogen and oxygen atoms in total. The van der Waals surface area contributed by atoms with Gasteiger partial charge in [-0.3, -0.25) is 72.3 Å². The minimum Gasteiger partial charge on any atom is -0.508 e. The fraction of sp³-hybridized carbons (Fsp3) is 0.557. The van der Waals surface area contributed by atoms with Gasteiger partial charge >= 0.3 is 0 Å². The molecule has 0 unspecified atom stereocenters. The molecule has 31 N–H and O–H groups in total. The van der Waals surface area contributed by atoms with Crippen LogP contribution < -0.4 is 110 Å². The van der Waals surface area contributed by atoms with Gasteiger partial charge < -0.3 is 125 Å². The van der Waals surface area contributed by atoms with E-state index >= 15 is 0 Å². The van der Waals surface area contributed by atoms with Crippen LogP contribution in [0.15, 0.2) is 64.6 Å². The quantitative estimate of drug-likeness (QED) is 0.0166. The molecule has 0 aromatic heterocycles. The monoisotopic (exact) mass is 1400 g/mol. The van der Waals surface area contributed by atoms with Gasteiger partial charge in [0.15, 0.2) is 11.9 Å². The van der Waals surface area contributed by atoms with Crippen molar-refractivity contribution in [1.29, 1.82) is 0 Å². The predicted molar refractivity (Wildman–Crippen MR) is 361 cm³/mol. The number of carbonyl (C=O) groups is 13. The summed E-state index contributed by atoms with van der Waals surface area (Å²) in [5.41, 5.74) is 45.8. The van der Waals surface area contributed by atoms with E-state index in [0.29, 0.717) is 31.4 Å². The maximum absolute atomic E-state index is 14.1. The number of nitrogens with zero attached hydrogens (tertiary/aromatic N) is 2. The van der Waals surface area contributed by atoms with E-state index in [0.717, 1.165) is 12.5 Å². The van der Waals surface area contributed by atoms with Crippen molar-refractivity contribution in [2.75, 3.05) is 52.4 Å². The van der Waals surface area contributed by atoms with Crippen LogP contribution in [0, 0.1) is 0 Å². The van der Waals surface area contributed by atoms with E-state index in [2.05, 4.69) is 73.8 Å². The lowest BCUT2D eigenvalue weighted by molar-refractivity contribution is -0.136. The zero-order chi connectivity index (χ0) is 74.1. The molecule has 2 aromatic carbocycles. The number of benzene rings is 2. The molecule has 0 aliphatic heterocycles. The molecular weight excluding hydrogens is 1300 g/mol. The van der Waals surface area contributed by atoms with E-state index in [1.165, 1.54) is 38.1 Å². The van der Waals surface area contributed by atoms with Crippen molar-refractivity contribution >= 4 is 88.7 Å². The Labute approximate surface area is 572 Å². The second kappa shape index (κ2) is 46.0. The summed E-state index contributed by atoms with van der Waals surface area (Å²) in [6.07, 6.45) is 0.0214. The smallest absolute Gasteiger partial charge is 0.245 e. The van der Waals surface area contributed by atoms with Gasteiger partial charge in [0.2, 0.25) is 76.8 Å². The summed E-state index contributed by atoms with van der Waals surface area (Å²) in [4.78, 5) is 181. The van der Waals surface area contributed by atoms with E-state index in [4.69, 9.17) is 45.9 Å². The Morgan fingerprint density at radius 2 is 0.838 bits per heavy atom. The van der Waals surface area contributed by atoms with Crippen LogP contribution in [0.2, 0.25) is 0 Å². The number of aliphatic hydroxyl groups excluding tert-OH is 2. The average molecular weight is 1400 g/mol. The summed E-state index contributed by atoms with van der Waals surface area (Å²) in [5.74, 6) is -12.5. The van der Waals surface area contributed by atoms with Gasteiger partial charge in [-0.1, -0.05) is 42.5 Å². The first kappa shape index (κ1) is 84.8. The lowest BCUT2D eigenvalue weighted by Crippen LogP contribution is -2.60. The number of nitrogens with one attached hydrogen (secondary N) is 12. The zero-order valence-electron chi connectivity index (χ0n) is 55.9. The number of unbranched alkanes of at least 4 members (excludes halogenated alkanes) is 2. The number of nitrogens with two attached hydrogens (primary N) is 8. The molecule has 0 spiro atoms. The van der Waals surface area contributed by atoms with Crippen molar-refractivity contribution in [1.82, 2.24) is 63.8 Å². The third kappa shape index (κ3) is 34.5. The van der Waals surface area contributed by atoms with Gasteiger partial charge in [-0.25, -0.2) is 0 Å². The Balaban J connectivity index is 2.19. The second-order valence-electron chi connectivity index (χ2n) is 23.1. The maximum Gasteiger partial charge on any atom is 0.245 e. The Hall–Kier alpha value is -10.3. The summed E-state index contributed by atoms with van der Waals surface area (Å²) in [5, 5.41) is 59.7. The summed E-state index contributed by atoms with van der Waals surface area (Å²) in [7, 11) is 0. The predicted octanol–water partition coefficient (Wildman–Crippen LogP) is -9.52. The van der Waals surface area contributed by atoms with Gasteiger partial charge in [0.1, 0.15) is 60.1 Å². The van der Waals surface area contributed by atoms with Crippen molar-refractivity contribution < 1.29 is 77.6 Å². The zero-order valence-corrected chi connectivity index (χ0v) is 55.9. The number of primary amides is 1. The Morgan fingerprint density at radius 1 is 0.424 bits per heavy atom. The Kier molecular flexibility index (Phi) is 39.4. The number of rotatable bonds is 47. The number of hydrogen-bond donors (Lipinski definition) is 23. The van der Waals surface area contributed by atoms with E-state index < -0.39 is 170 Å². The highest BCUT2D eigenvalue weighted by Crippen LogP contribution is 2.13. The lowest BCUT2D eigenvalue weighted by atomic mass is 10.0. The summed E-state index contributed by atoms with van der Waals surface area (Å²) >= 11 is 0. The molecule has 0 saturated carbocycles. The number of aliphatic hydroxyl groups is 2. The van der Waals surface area contributed by atoms with Crippen LogP contribution in [0.4, 0.5) is 0 Å². The number of aliphatic imine (C=N–C) groups is 2. The molecule has 2 rings (SSSR count). The van der Waals surface area contributed by atoms with Crippen LogP contribution in [0.1, 0.15) is 96.1 Å². The molecule has 0 aliphatic rings. The van der Waals surface area contributed by atoms with Gasteiger partial charge in [0, 0.05) is 19.5 Å². The molecule has 0 radical (unpaired) electrons. The molecule has 550 valence electrons. The molecule has 11 atom stereocenters. The molecule has 0 fully saturated rings. The molecule has 38 heteroatoms. The molecule has 13 amide bonds. The molecule has 0 heterocycles. The number of carbonyl (C=O) groups excluding carboxylic acids is 13. The molecule has 2 aromatic rings. The number of phenols is 1. The number of aromatic hydroxyl groups is 1. The van der Waals surface area contributed by atoms with Gasteiger partial charge in [-0.05, 0) is 128 Å². The van der Waals surface area contributed by atoms with Crippen LogP contribution in [0.5, 0.6) is 5.75 Å². The summed E-state index contributed by atoms with van der Waals surface area (Å²) in [6.45, 7) is 1.06. The highest BCUT2D eigenvalue weighted by atomic mass is 16.3. The van der Waals surface area contributed by atoms with Gasteiger partial charge in [-0.2, -0.15) is 0 Å². The molecule has 0 bridgehead atoms. The number of guanidine groups is 2. The fourth-order valence-electron chi connectivity index (χ4n) is 9.19. The average Bonchev–Trinajstić information content (AvgIpc) is 0.887. The summed E-state index contributed by atoms with van der Waals surface area (Å²) < 4.78 is 0. The minimum absolute atomic E-state index is 0.0335. The number of phenolic OH excluding ortho intramolecular Hbond substituents is 1. The topological polar surface area (TPSA) is 660 Å². The van der Waals surface area contributed by atoms with E-state index in [1.54, 1.807) is 30.3 Å². The highest BCUT2D eigenvalue weighted by molar-refractivity contribution is 5.99. The van der Waals surface area contributed by atoms with Crippen LogP contribution in [0.25, 0.3) is 0 Å². The largest absolute Gasteiger partial charge is 0.508 e. The van der Waals surface area contributed by atoms with Crippen LogP contribution in [0.3, 0.4) is 0 Å². The summed E-state index contributed by atoms with van der Waals surface area (Å²) in [6, 6.07) is 0.315. The van der Waals surface area contributed by atoms with Crippen molar-refractivity contribution in [3.05, 3.63) is 65.7 Å². The standard InChI is InChI=1S/C61H100N22O16/c1-33(75-47(88)31-74-59(99)49(35(3)85)83-57(97)44(28-37-19-21-38(86)22-20-37)77-48(89)30-72-46(87)29-73-53(93)39(64)27-36-13-5-4-6-14-36)51(91)79-43(18-12-26-71-61(68)69)55(95)81-41(16-8-10-24-63)56(96)82-45(32-84)58(98)76-34(2)52(92)80-42(17-11-25-70-60(66)67)54(94)78-40(50(65)90)15-7-9-23-62/h4-6,13-14,19-22,33-35,39-45,49,84-86H,7-12,15-18,23-32,62-64H2,1-3H3,(H2,65,90)(H,72,87)(H,73,93)(H,74,99)(H,75,88)(H,76,98)(H,77,89)(H,78,94)(H,79,91)(H,80,92)(H,81,95)(H,82,96)(H,83,97)(H4,66,67,70)(H4,68,69,71)/t33-,34-,35+,39-,40-,41-,42-,43-,44-,45-,49-/m0/s1. The number of amides is 13. The van der Waals surface area contributed by atoms with Crippen LogP contribution in [-0.4, -0.2) is 223 Å². The first-order valence-electron chi connectivity index (χ1n) is 32.1. The van der Waals surface area contributed by atoms with Crippen LogP contribution >= 0.6 is 0 Å². The first-order valence-corrected chi connectivity index (χ1v) is 32.1. The molecule has 99 heavy (non-hydrogen) atoms. The first-order chi connectivity index (χ1) is 46.9. The van der Waals surface area contributed by atoms with Crippen molar-refractivity contribution in [2.45, 2.75) is 164 Å². The third-order valence-corrected chi connectivity index (χ3v) is 14.7. The van der Waals surface area contributed by atoms with Crippen LogP contribution in [-0.2, 0) is 75.2 Å². The van der Waals surface area contributed by atoms with E-state index in [1.807, 2.05) is 0 Å². The van der Waals surface area contributed by atoms with Gasteiger partial charge in [0.05, 0.1) is 38.4 Å².